The second-order valence-corrected chi connectivity index (χ2v) is 5.71. The Labute approximate surface area is 113 Å². The standard InChI is InChI=1S/C14H21NO2S/c1-17-10-9-15(12-6-7-12)8-2-4-13(16)14-5-3-11-18-14/h3,5,11-12H,2,4,6-10H2,1H3. The number of carbonyl (C=O) groups is 1. The second kappa shape index (κ2) is 7.02. The van der Waals surface area contributed by atoms with Gasteiger partial charge in [0.15, 0.2) is 5.78 Å². The van der Waals surface area contributed by atoms with E-state index in [0.29, 0.717) is 6.42 Å². The van der Waals surface area contributed by atoms with E-state index in [2.05, 4.69) is 4.90 Å². The number of rotatable bonds is 9. The summed E-state index contributed by atoms with van der Waals surface area (Å²) in [6.45, 7) is 2.80. The third-order valence-electron chi connectivity index (χ3n) is 3.29. The van der Waals surface area contributed by atoms with Crippen LogP contribution < -0.4 is 0 Å². The van der Waals surface area contributed by atoms with E-state index in [9.17, 15) is 4.79 Å². The minimum Gasteiger partial charge on any atom is -0.383 e. The first-order valence-electron chi connectivity index (χ1n) is 6.61. The number of methoxy groups -OCH3 is 1. The van der Waals surface area contributed by atoms with Crippen LogP contribution in [0.5, 0.6) is 0 Å². The molecule has 4 heteroatoms. The lowest BCUT2D eigenvalue weighted by Gasteiger charge is -2.21. The Morgan fingerprint density at radius 2 is 2.33 bits per heavy atom. The van der Waals surface area contributed by atoms with Crippen LogP contribution in [0.25, 0.3) is 0 Å². The molecule has 1 aromatic heterocycles. The maximum atomic E-state index is 11.9. The first-order chi connectivity index (χ1) is 8.81. The highest BCUT2D eigenvalue weighted by atomic mass is 32.1. The molecule has 0 unspecified atom stereocenters. The molecule has 1 aliphatic carbocycles. The van der Waals surface area contributed by atoms with Gasteiger partial charge in [0.25, 0.3) is 0 Å². The molecule has 1 aliphatic rings. The van der Waals surface area contributed by atoms with Crippen molar-refractivity contribution in [3.8, 4) is 0 Å². The van der Waals surface area contributed by atoms with Gasteiger partial charge in [0.2, 0.25) is 0 Å². The van der Waals surface area contributed by atoms with E-state index in [0.717, 1.165) is 37.0 Å². The van der Waals surface area contributed by atoms with Crippen LogP contribution in [0.2, 0.25) is 0 Å². The summed E-state index contributed by atoms with van der Waals surface area (Å²) in [5.74, 6) is 0.285. The molecule has 1 saturated carbocycles. The molecular formula is C14H21NO2S. The zero-order valence-electron chi connectivity index (χ0n) is 10.9. The van der Waals surface area contributed by atoms with Gasteiger partial charge < -0.3 is 4.74 Å². The minimum atomic E-state index is 0.285. The third-order valence-corrected chi connectivity index (χ3v) is 4.20. The number of ether oxygens (including phenoxy) is 1. The average molecular weight is 267 g/mol. The molecule has 1 heterocycles. The summed E-state index contributed by atoms with van der Waals surface area (Å²) < 4.78 is 5.13. The average Bonchev–Trinajstić information content (AvgIpc) is 3.07. The van der Waals surface area contributed by atoms with E-state index >= 15 is 0 Å². The van der Waals surface area contributed by atoms with Crippen molar-refractivity contribution in [1.82, 2.24) is 4.90 Å². The fourth-order valence-corrected chi connectivity index (χ4v) is 2.82. The summed E-state index contributed by atoms with van der Waals surface area (Å²) in [5, 5.41) is 1.96. The highest BCUT2D eigenvalue weighted by Crippen LogP contribution is 2.26. The van der Waals surface area contributed by atoms with Gasteiger partial charge in [0.05, 0.1) is 11.5 Å². The second-order valence-electron chi connectivity index (χ2n) is 4.76. The van der Waals surface area contributed by atoms with Gasteiger partial charge in [-0.05, 0) is 37.3 Å². The maximum Gasteiger partial charge on any atom is 0.172 e. The van der Waals surface area contributed by atoms with Crippen molar-refractivity contribution in [2.24, 2.45) is 0 Å². The summed E-state index contributed by atoms with van der Waals surface area (Å²) in [6, 6.07) is 4.60. The zero-order chi connectivity index (χ0) is 12.8. The van der Waals surface area contributed by atoms with Crippen LogP contribution in [0.1, 0.15) is 35.4 Å². The Kier molecular flexibility index (Phi) is 5.35. The Balaban J connectivity index is 1.68. The molecule has 0 aromatic carbocycles. The fourth-order valence-electron chi connectivity index (χ4n) is 2.13. The maximum absolute atomic E-state index is 11.9. The van der Waals surface area contributed by atoms with Crippen LogP contribution >= 0.6 is 11.3 Å². The van der Waals surface area contributed by atoms with Gasteiger partial charge in [-0.25, -0.2) is 0 Å². The lowest BCUT2D eigenvalue weighted by Crippen LogP contribution is -2.30. The minimum absolute atomic E-state index is 0.285. The lowest BCUT2D eigenvalue weighted by atomic mass is 10.2. The SMILES string of the molecule is COCCN(CCCC(=O)c1cccs1)C1CC1. The number of thiophene rings is 1. The van der Waals surface area contributed by atoms with E-state index in [1.54, 1.807) is 7.11 Å². The van der Waals surface area contributed by atoms with Crippen LogP contribution in [0.3, 0.4) is 0 Å². The fraction of sp³-hybridized carbons (Fsp3) is 0.643. The van der Waals surface area contributed by atoms with Gasteiger partial charge in [-0.1, -0.05) is 6.07 Å². The van der Waals surface area contributed by atoms with Crippen molar-refractivity contribution in [2.45, 2.75) is 31.7 Å². The number of carbonyl (C=O) groups excluding carboxylic acids is 1. The smallest absolute Gasteiger partial charge is 0.172 e. The molecule has 1 fully saturated rings. The number of Topliss-reactive ketones (excluding diaryl/α,β-unsaturated/α-hetero) is 1. The van der Waals surface area contributed by atoms with Crippen molar-refractivity contribution < 1.29 is 9.53 Å². The Morgan fingerprint density at radius 1 is 1.50 bits per heavy atom. The summed E-state index contributed by atoms with van der Waals surface area (Å²) in [4.78, 5) is 15.2. The Morgan fingerprint density at radius 3 is 2.94 bits per heavy atom. The molecule has 1 aromatic rings. The van der Waals surface area contributed by atoms with Crippen molar-refractivity contribution in [3.05, 3.63) is 22.4 Å². The van der Waals surface area contributed by atoms with Crippen LogP contribution in [-0.4, -0.2) is 43.5 Å². The molecule has 0 saturated heterocycles. The first kappa shape index (κ1) is 13.7. The van der Waals surface area contributed by atoms with Gasteiger partial charge in [-0.2, -0.15) is 0 Å². The van der Waals surface area contributed by atoms with Gasteiger partial charge in [0, 0.05) is 26.1 Å². The Hall–Kier alpha value is -0.710. The van der Waals surface area contributed by atoms with Gasteiger partial charge >= 0.3 is 0 Å². The number of ketones is 1. The van der Waals surface area contributed by atoms with Crippen LogP contribution in [0.4, 0.5) is 0 Å². The number of hydrogen-bond acceptors (Lipinski definition) is 4. The first-order valence-corrected chi connectivity index (χ1v) is 7.49. The van der Waals surface area contributed by atoms with E-state index < -0.39 is 0 Å². The van der Waals surface area contributed by atoms with Crippen molar-refractivity contribution in [1.29, 1.82) is 0 Å². The summed E-state index contributed by atoms with van der Waals surface area (Å²) in [6.07, 6.45) is 4.23. The van der Waals surface area contributed by atoms with E-state index in [4.69, 9.17) is 4.74 Å². The third kappa shape index (κ3) is 4.19. The van der Waals surface area contributed by atoms with Crippen LogP contribution in [-0.2, 0) is 4.74 Å². The largest absolute Gasteiger partial charge is 0.383 e. The lowest BCUT2D eigenvalue weighted by molar-refractivity contribution is 0.0972. The molecule has 18 heavy (non-hydrogen) atoms. The summed E-state index contributed by atoms with van der Waals surface area (Å²) >= 11 is 1.54. The van der Waals surface area contributed by atoms with Crippen LogP contribution in [0.15, 0.2) is 17.5 Å². The predicted octanol–water partition coefficient (Wildman–Crippen LogP) is 2.82. The Bertz CT molecular complexity index is 360. The van der Waals surface area contributed by atoms with E-state index in [1.807, 2.05) is 17.5 Å². The van der Waals surface area contributed by atoms with Gasteiger partial charge in [-0.3, -0.25) is 9.69 Å². The molecule has 0 N–H and O–H groups in total. The molecule has 0 radical (unpaired) electrons. The highest BCUT2D eigenvalue weighted by Gasteiger charge is 2.28. The van der Waals surface area contributed by atoms with E-state index in [-0.39, 0.29) is 5.78 Å². The van der Waals surface area contributed by atoms with Gasteiger partial charge in [-0.15, -0.1) is 11.3 Å². The molecule has 0 amide bonds. The molecule has 0 spiro atoms. The molecule has 0 atom stereocenters. The molecular weight excluding hydrogens is 246 g/mol. The molecule has 2 rings (SSSR count). The predicted molar refractivity (Wildman–Crippen MR) is 74.4 cm³/mol. The highest BCUT2D eigenvalue weighted by molar-refractivity contribution is 7.12. The molecule has 100 valence electrons. The van der Waals surface area contributed by atoms with Gasteiger partial charge in [0.1, 0.15) is 0 Å². The monoisotopic (exact) mass is 267 g/mol. The summed E-state index contributed by atoms with van der Waals surface area (Å²) in [5.41, 5.74) is 0. The number of nitrogens with zero attached hydrogens (tertiary/aromatic N) is 1. The molecule has 3 nitrogen and oxygen atoms in total. The molecule has 0 aliphatic heterocycles. The van der Waals surface area contributed by atoms with Crippen molar-refractivity contribution >= 4 is 17.1 Å². The van der Waals surface area contributed by atoms with Crippen molar-refractivity contribution in [2.75, 3.05) is 26.8 Å². The van der Waals surface area contributed by atoms with Crippen LogP contribution in [0, 0.1) is 0 Å². The zero-order valence-corrected chi connectivity index (χ0v) is 11.7. The quantitative estimate of drug-likeness (QED) is 0.644. The van der Waals surface area contributed by atoms with Crippen molar-refractivity contribution in [3.63, 3.8) is 0 Å². The summed E-state index contributed by atoms with van der Waals surface area (Å²) in [7, 11) is 1.74. The van der Waals surface area contributed by atoms with E-state index in [1.165, 1.54) is 24.2 Å². The number of hydrogen-bond donors (Lipinski definition) is 0. The topological polar surface area (TPSA) is 29.5 Å². The normalized spacial score (nSPS) is 15.2. The molecule has 0 bridgehead atoms.